The van der Waals surface area contributed by atoms with Gasteiger partial charge in [0.1, 0.15) is 0 Å². The predicted molar refractivity (Wildman–Crippen MR) is 78.1 cm³/mol. The minimum atomic E-state index is 0.196. The van der Waals surface area contributed by atoms with Crippen molar-refractivity contribution in [2.45, 2.75) is 25.3 Å². The highest BCUT2D eigenvalue weighted by Gasteiger charge is 2.35. The first-order chi connectivity index (χ1) is 8.57. The summed E-state index contributed by atoms with van der Waals surface area (Å²) in [7, 11) is 4.29. The SMILES string of the molecule is Cc1ccc(N2CCC(CN)(N(C)C)CC2)cc1. The number of likely N-dealkylation sites (N-methyl/N-ethyl adjacent to an activating group) is 1. The number of nitrogens with zero attached hydrogens (tertiary/aromatic N) is 2. The number of benzene rings is 1. The average molecular weight is 247 g/mol. The number of rotatable bonds is 3. The Balaban J connectivity index is 2.04. The van der Waals surface area contributed by atoms with Crippen LogP contribution in [0.3, 0.4) is 0 Å². The van der Waals surface area contributed by atoms with Crippen LogP contribution in [0.1, 0.15) is 18.4 Å². The zero-order valence-corrected chi connectivity index (χ0v) is 11.8. The summed E-state index contributed by atoms with van der Waals surface area (Å²) in [5.41, 5.74) is 8.84. The molecular formula is C15H25N3. The normalized spacial score (nSPS) is 19.3. The molecule has 0 amide bonds. The van der Waals surface area contributed by atoms with Crippen molar-refractivity contribution in [3.63, 3.8) is 0 Å². The van der Waals surface area contributed by atoms with Gasteiger partial charge in [0.15, 0.2) is 0 Å². The van der Waals surface area contributed by atoms with E-state index in [1.54, 1.807) is 0 Å². The van der Waals surface area contributed by atoms with Crippen LogP contribution >= 0.6 is 0 Å². The van der Waals surface area contributed by atoms with Gasteiger partial charge in [0, 0.05) is 30.9 Å². The smallest absolute Gasteiger partial charge is 0.0366 e. The predicted octanol–water partition coefficient (Wildman–Crippen LogP) is 1.85. The lowest BCUT2D eigenvalue weighted by molar-refractivity contribution is 0.125. The summed E-state index contributed by atoms with van der Waals surface area (Å²) in [6.07, 6.45) is 2.29. The number of hydrogen-bond acceptors (Lipinski definition) is 3. The highest BCUT2D eigenvalue weighted by atomic mass is 15.2. The lowest BCUT2D eigenvalue weighted by Gasteiger charge is -2.46. The molecule has 1 saturated heterocycles. The topological polar surface area (TPSA) is 32.5 Å². The third-order valence-electron chi connectivity index (χ3n) is 4.42. The first kappa shape index (κ1) is 13.4. The van der Waals surface area contributed by atoms with Gasteiger partial charge >= 0.3 is 0 Å². The van der Waals surface area contributed by atoms with Gasteiger partial charge in [-0.2, -0.15) is 0 Å². The molecule has 0 bridgehead atoms. The van der Waals surface area contributed by atoms with Crippen molar-refractivity contribution < 1.29 is 0 Å². The lowest BCUT2D eigenvalue weighted by Crippen LogP contribution is -2.57. The van der Waals surface area contributed by atoms with Crippen molar-refractivity contribution in [2.75, 3.05) is 38.6 Å². The van der Waals surface area contributed by atoms with E-state index >= 15 is 0 Å². The molecule has 1 aliphatic rings. The molecule has 2 N–H and O–H groups in total. The molecule has 1 aliphatic heterocycles. The molecule has 1 fully saturated rings. The Bertz CT molecular complexity index is 375. The maximum atomic E-state index is 5.98. The molecule has 1 heterocycles. The molecule has 0 unspecified atom stereocenters. The summed E-state index contributed by atoms with van der Waals surface area (Å²) in [5.74, 6) is 0. The summed E-state index contributed by atoms with van der Waals surface area (Å²) >= 11 is 0. The van der Waals surface area contributed by atoms with Crippen molar-refractivity contribution in [1.29, 1.82) is 0 Å². The van der Waals surface area contributed by atoms with Crippen molar-refractivity contribution >= 4 is 5.69 Å². The van der Waals surface area contributed by atoms with Crippen molar-refractivity contribution in [1.82, 2.24) is 4.90 Å². The molecule has 3 heteroatoms. The first-order valence-corrected chi connectivity index (χ1v) is 6.76. The third kappa shape index (κ3) is 2.52. The Kier molecular flexibility index (Phi) is 3.93. The van der Waals surface area contributed by atoms with Gasteiger partial charge in [-0.15, -0.1) is 0 Å². The fourth-order valence-corrected chi connectivity index (χ4v) is 2.77. The van der Waals surface area contributed by atoms with E-state index in [2.05, 4.69) is 55.1 Å². The van der Waals surface area contributed by atoms with Gasteiger partial charge in [0.2, 0.25) is 0 Å². The first-order valence-electron chi connectivity index (χ1n) is 6.76. The number of anilines is 1. The second-order valence-electron chi connectivity index (χ2n) is 5.65. The Morgan fingerprint density at radius 1 is 1.17 bits per heavy atom. The van der Waals surface area contributed by atoms with Crippen LogP contribution in [-0.2, 0) is 0 Å². The average Bonchev–Trinajstić information content (AvgIpc) is 2.39. The van der Waals surface area contributed by atoms with Gasteiger partial charge in [-0.25, -0.2) is 0 Å². The summed E-state index contributed by atoms with van der Waals surface area (Å²) in [6, 6.07) is 8.82. The Hall–Kier alpha value is -1.06. The molecule has 100 valence electrons. The lowest BCUT2D eigenvalue weighted by atomic mass is 9.86. The molecular weight excluding hydrogens is 222 g/mol. The molecule has 2 rings (SSSR count). The molecule has 1 aromatic rings. The van der Waals surface area contributed by atoms with E-state index < -0.39 is 0 Å². The molecule has 0 spiro atoms. The quantitative estimate of drug-likeness (QED) is 0.885. The van der Waals surface area contributed by atoms with Gasteiger partial charge in [-0.3, -0.25) is 0 Å². The minimum Gasteiger partial charge on any atom is -0.371 e. The number of nitrogens with two attached hydrogens (primary N) is 1. The third-order valence-corrected chi connectivity index (χ3v) is 4.42. The number of aryl methyl sites for hydroxylation is 1. The van der Waals surface area contributed by atoms with Crippen LogP contribution in [0.15, 0.2) is 24.3 Å². The second kappa shape index (κ2) is 5.29. The van der Waals surface area contributed by atoms with Gasteiger partial charge in [0.25, 0.3) is 0 Å². The van der Waals surface area contributed by atoms with Crippen molar-refractivity contribution in [2.24, 2.45) is 5.73 Å². The van der Waals surface area contributed by atoms with Crippen molar-refractivity contribution in [3.8, 4) is 0 Å². The molecule has 1 aromatic carbocycles. The van der Waals surface area contributed by atoms with Gasteiger partial charge in [-0.1, -0.05) is 17.7 Å². The highest BCUT2D eigenvalue weighted by Crippen LogP contribution is 2.29. The van der Waals surface area contributed by atoms with Gasteiger partial charge in [0.05, 0.1) is 0 Å². The Labute approximate surface area is 111 Å². The monoisotopic (exact) mass is 247 g/mol. The second-order valence-corrected chi connectivity index (χ2v) is 5.65. The van der Waals surface area contributed by atoms with Gasteiger partial charge < -0.3 is 15.5 Å². The number of hydrogen-bond donors (Lipinski definition) is 1. The fourth-order valence-electron chi connectivity index (χ4n) is 2.77. The summed E-state index contributed by atoms with van der Waals surface area (Å²) < 4.78 is 0. The molecule has 3 nitrogen and oxygen atoms in total. The van der Waals surface area contributed by atoms with E-state index in [4.69, 9.17) is 5.73 Å². The summed E-state index contributed by atoms with van der Waals surface area (Å²) in [6.45, 7) is 5.07. The van der Waals surface area contributed by atoms with Crippen LogP contribution in [-0.4, -0.2) is 44.2 Å². The zero-order chi connectivity index (χ0) is 13.2. The van der Waals surface area contributed by atoms with Crippen LogP contribution in [0.2, 0.25) is 0 Å². The van der Waals surface area contributed by atoms with E-state index in [9.17, 15) is 0 Å². The molecule has 0 radical (unpaired) electrons. The molecule has 0 aliphatic carbocycles. The fraction of sp³-hybridized carbons (Fsp3) is 0.600. The van der Waals surface area contributed by atoms with Crippen LogP contribution < -0.4 is 10.6 Å². The van der Waals surface area contributed by atoms with E-state index in [-0.39, 0.29) is 5.54 Å². The van der Waals surface area contributed by atoms with Crippen LogP contribution in [0.25, 0.3) is 0 Å². The van der Waals surface area contributed by atoms with E-state index in [1.807, 2.05) is 0 Å². The molecule has 0 atom stereocenters. The van der Waals surface area contributed by atoms with E-state index in [0.717, 1.165) is 32.5 Å². The standard InChI is InChI=1S/C15H25N3/c1-13-4-6-14(7-5-13)18-10-8-15(12-16,9-11-18)17(2)3/h4-7H,8-12,16H2,1-3H3. The summed E-state index contributed by atoms with van der Waals surface area (Å²) in [4.78, 5) is 4.77. The van der Waals surface area contributed by atoms with E-state index in [0.29, 0.717) is 0 Å². The van der Waals surface area contributed by atoms with Gasteiger partial charge in [-0.05, 0) is 46.0 Å². The van der Waals surface area contributed by atoms with E-state index in [1.165, 1.54) is 11.3 Å². The molecule has 18 heavy (non-hydrogen) atoms. The zero-order valence-electron chi connectivity index (χ0n) is 11.8. The van der Waals surface area contributed by atoms with Crippen LogP contribution in [0.5, 0.6) is 0 Å². The maximum Gasteiger partial charge on any atom is 0.0366 e. The highest BCUT2D eigenvalue weighted by molar-refractivity contribution is 5.48. The summed E-state index contributed by atoms with van der Waals surface area (Å²) in [5, 5.41) is 0. The minimum absolute atomic E-state index is 0.196. The van der Waals surface area contributed by atoms with Crippen molar-refractivity contribution in [3.05, 3.63) is 29.8 Å². The largest absolute Gasteiger partial charge is 0.371 e. The van der Waals surface area contributed by atoms with Crippen LogP contribution in [0.4, 0.5) is 5.69 Å². The maximum absolute atomic E-state index is 5.98. The Morgan fingerprint density at radius 2 is 1.72 bits per heavy atom. The molecule has 0 aromatic heterocycles. The Morgan fingerprint density at radius 3 is 2.17 bits per heavy atom. The van der Waals surface area contributed by atoms with Crippen LogP contribution in [0, 0.1) is 6.92 Å². The number of piperidine rings is 1. The molecule has 0 saturated carbocycles.